The van der Waals surface area contributed by atoms with Crippen molar-refractivity contribution in [2.75, 3.05) is 11.5 Å². The highest BCUT2D eigenvalue weighted by atomic mass is 32.2. The Balaban J connectivity index is 1.93. The van der Waals surface area contributed by atoms with E-state index in [0.29, 0.717) is 17.5 Å². The second-order valence-electron chi connectivity index (χ2n) is 5.08. The number of rotatable bonds is 3. The first-order chi connectivity index (χ1) is 8.39. The standard InChI is InChI=1S/C12H21N3O2S/c1-9-12(10(2)15(3)14-9)8-13-11-4-6-18(16,17)7-5-11/h11,13H,4-8H2,1-3H3. The van der Waals surface area contributed by atoms with Crippen LogP contribution in [0.25, 0.3) is 0 Å². The zero-order chi connectivity index (χ0) is 13.3. The van der Waals surface area contributed by atoms with E-state index in [2.05, 4.69) is 17.3 Å². The van der Waals surface area contributed by atoms with Gasteiger partial charge in [-0.25, -0.2) is 8.42 Å². The van der Waals surface area contributed by atoms with E-state index in [9.17, 15) is 8.42 Å². The van der Waals surface area contributed by atoms with Gasteiger partial charge in [-0.3, -0.25) is 4.68 Å². The molecule has 18 heavy (non-hydrogen) atoms. The summed E-state index contributed by atoms with van der Waals surface area (Å²) in [6.45, 7) is 4.84. The Kier molecular flexibility index (Phi) is 3.77. The molecule has 0 unspecified atom stereocenters. The highest BCUT2D eigenvalue weighted by Gasteiger charge is 2.23. The van der Waals surface area contributed by atoms with Gasteiger partial charge in [0.25, 0.3) is 0 Å². The van der Waals surface area contributed by atoms with Crippen LogP contribution in [0.15, 0.2) is 0 Å². The molecule has 5 nitrogen and oxygen atoms in total. The van der Waals surface area contributed by atoms with E-state index in [0.717, 1.165) is 25.1 Å². The molecule has 0 atom stereocenters. The quantitative estimate of drug-likeness (QED) is 0.879. The zero-order valence-corrected chi connectivity index (χ0v) is 12.0. The first-order valence-electron chi connectivity index (χ1n) is 6.32. The summed E-state index contributed by atoms with van der Waals surface area (Å²) in [6.07, 6.45) is 1.45. The maximum Gasteiger partial charge on any atom is 0.150 e. The van der Waals surface area contributed by atoms with Crippen molar-refractivity contribution in [2.24, 2.45) is 7.05 Å². The van der Waals surface area contributed by atoms with E-state index in [1.54, 1.807) is 0 Å². The minimum atomic E-state index is -2.77. The Morgan fingerprint density at radius 1 is 1.33 bits per heavy atom. The Bertz CT molecular complexity index is 520. The van der Waals surface area contributed by atoms with Crippen molar-refractivity contribution in [1.82, 2.24) is 15.1 Å². The molecule has 102 valence electrons. The topological polar surface area (TPSA) is 64.0 Å². The molecular formula is C12H21N3O2S. The van der Waals surface area contributed by atoms with Crippen molar-refractivity contribution < 1.29 is 8.42 Å². The van der Waals surface area contributed by atoms with Crippen LogP contribution in [0.4, 0.5) is 0 Å². The Hall–Kier alpha value is -0.880. The van der Waals surface area contributed by atoms with E-state index >= 15 is 0 Å². The number of sulfone groups is 1. The molecule has 0 radical (unpaired) electrons. The highest BCUT2D eigenvalue weighted by molar-refractivity contribution is 7.91. The zero-order valence-electron chi connectivity index (χ0n) is 11.2. The Labute approximate surface area is 108 Å². The second kappa shape index (κ2) is 5.01. The van der Waals surface area contributed by atoms with E-state index in [-0.39, 0.29) is 0 Å². The van der Waals surface area contributed by atoms with Crippen LogP contribution in [0.5, 0.6) is 0 Å². The summed E-state index contributed by atoms with van der Waals surface area (Å²) in [7, 11) is -0.824. The highest BCUT2D eigenvalue weighted by Crippen LogP contribution is 2.15. The van der Waals surface area contributed by atoms with Crippen LogP contribution < -0.4 is 5.32 Å². The summed E-state index contributed by atoms with van der Waals surface area (Å²) >= 11 is 0. The summed E-state index contributed by atoms with van der Waals surface area (Å²) in [5.74, 6) is 0.630. The molecule has 1 aromatic heterocycles. The largest absolute Gasteiger partial charge is 0.310 e. The molecule has 1 aliphatic heterocycles. The summed E-state index contributed by atoms with van der Waals surface area (Å²) in [5, 5.41) is 7.83. The normalized spacial score (nSPS) is 20.2. The van der Waals surface area contributed by atoms with Crippen LogP contribution in [0.3, 0.4) is 0 Å². The summed E-state index contributed by atoms with van der Waals surface area (Å²) in [4.78, 5) is 0. The molecule has 2 rings (SSSR count). The van der Waals surface area contributed by atoms with Gasteiger partial charge in [0.05, 0.1) is 17.2 Å². The smallest absolute Gasteiger partial charge is 0.150 e. The van der Waals surface area contributed by atoms with E-state index < -0.39 is 9.84 Å². The van der Waals surface area contributed by atoms with Gasteiger partial charge in [0, 0.05) is 30.9 Å². The second-order valence-corrected chi connectivity index (χ2v) is 7.38. The van der Waals surface area contributed by atoms with Crippen LogP contribution >= 0.6 is 0 Å². The Morgan fingerprint density at radius 3 is 2.44 bits per heavy atom. The molecule has 1 aliphatic rings. The minimum Gasteiger partial charge on any atom is -0.310 e. The van der Waals surface area contributed by atoms with Crippen LogP contribution in [0.1, 0.15) is 29.8 Å². The molecule has 1 aromatic rings. The summed E-state index contributed by atoms with van der Waals surface area (Å²) < 4.78 is 24.6. The average Bonchev–Trinajstić information content (AvgIpc) is 2.53. The summed E-state index contributed by atoms with van der Waals surface area (Å²) in [5.41, 5.74) is 3.44. The van der Waals surface area contributed by atoms with Crippen molar-refractivity contribution in [1.29, 1.82) is 0 Å². The lowest BCUT2D eigenvalue weighted by molar-refractivity contribution is 0.462. The fourth-order valence-electron chi connectivity index (χ4n) is 2.41. The predicted octanol–water partition coefficient (Wildman–Crippen LogP) is 0.704. The Morgan fingerprint density at radius 2 is 1.94 bits per heavy atom. The molecule has 1 fully saturated rings. The first-order valence-corrected chi connectivity index (χ1v) is 8.14. The van der Waals surface area contributed by atoms with Gasteiger partial charge < -0.3 is 5.32 Å². The third-order valence-corrected chi connectivity index (χ3v) is 5.50. The molecule has 6 heteroatoms. The van der Waals surface area contributed by atoms with Crippen molar-refractivity contribution in [3.63, 3.8) is 0 Å². The molecule has 0 bridgehead atoms. The molecule has 0 aromatic carbocycles. The van der Waals surface area contributed by atoms with Crippen molar-refractivity contribution in [2.45, 2.75) is 39.3 Å². The van der Waals surface area contributed by atoms with E-state index in [1.807, 2.05) is 18.7 Å². The number of hydrogen-bond acceptors (Lipinski definition) is 4. The molecule has 1 N–H and O–H groups in total. The molecule has 0 saturated carbocycles. The van der Waals surface area contributed by atoms with Crippen LogP contribution in [0.2, 0.25) is 0 Å². The van der Waals surface area contributed by atoms with Gasteiger partial charge in [-0.05, 0) is 26.7 Å². The van der Waals surface area contributed by atoms with Crippen molar-refractivity contribution >= 4 is 9.84 Å². The van der Waals surface area contributed by atoms with Gasteiger partial charge in [0.15, 0.2) is 0 Å². The average molecular weight is 271 g/mol. The maximum atomic E-state index is 11.3. The molecule has 0 spiro atoms. The number of aromatic nitrogens is 2. The first kappa shape index (κ1) is 13.5. The van der Waals surface area contributed by atoms with Crippen LogP contribution in [-0.4, -0.2) is 35.7 Å². The van der Waals surface area contributed by atoms with Crippen molar-refractivity contribution in [3.05, 3.63) is 17.0 Å². The maximum absolute atomic E-state index is 11.3. The third kappa shape index (κ3) is 2.92. The lowest BCUT2D eigenvalue weighted by Gasteiger charge is -2.23. The monoisotopic (exact) mass is 271 g/mol. The SMILES string of the molecule is Cc1nn(C)c(C)c1CNC1CCS(=O)(=O)CC1. The molecular weight excluding hydrogens is 250 g/mol. The minimum absolute atomic E-state index is 0.313. The van der Waals surface area contributed by atoms with E-state index in [1.165, 1.54) is 11.3 Å². The van der Waals surface area contributed by atoms with E-state index in [4.69, 9.17) is 0 Å². The van der Waals surface area contributed by atoms with Gasteiger partial charge in [-0.1, -0.05) is 0 Å². The van der Waals surface area contributed by atoms with Gasteiger partial charge in [-0.2, -0.15) is 5.10 Å². The van der Waals surface area contributed by atoms with Gasteiger partial charge >= 0.3 is 0 Å². The molecule has 1 saturated heterocycles. The lowest BCUT2D eigenvalue weighted by atomic mass is 10.1. The predicted molar refractivity (Wildman–Crippen MR) is 71.2 cm³/mol. The fraction of sp³-hybridized carbons (Fsp3) is 0.750. The number of aryl methyl sites for hydroxylation is 2. The third-order valence-electron chi connectivity index (χ3n) is 3.78. The van der Waals surface area contributed by atoms with Crippen LogP contribution in [0, 0.1) is 13.8 Å². The fourth-order valence-corrected chi connectivity index (χ4v) is 3.91. The van der Waals surface area contributed by atoms with Gasteiger partial charge in [0.2, 0.25) is 0 Å². The number of nitrogens with zero attached hydrogens (tertiary/aromatic N) is 2. The van der Waals surface area contributed by atoms with Crippen LogP contribution in [-0.2, 0) is 23.4 Å². The van der Waals surface area contributed by atoms with Crippen molar-refractivity contribution in [3.8, 4) is 0 Å². The molecule has 0 amide bonds. The molecule has 2 heterocycles. The van der Waals surface area contributed by atoms with Gasteiger partial charge in [0.1, 0.15) is 9.84 Å². The van der Waals surface area contributed by atoms with Gasteiger partial charge in [-0.15, -0.1) is 0 Å². The summed E-state index contributed by atoms with van der Waals surface area (Å²) in [6, 6.07) is 0.313. The lowest BCUT2D eigenvalue weighted by Crippen LogP contribution is -2.37. The molecule has 0 aliphatic carbocycles. The number of hydrogen-bond donors (Lipinski definition) is 1. The number of nitrogens with one attached hydrogen (secondary N) is 1.